The highest BCUT2D eigenvalue weighted by Crippen LogP contribution is 2.27. The van der Waals surface area contributed by atoms with Gasteiger partial charge in [-0.15, -0.1) is 0 Å². The second-order valence-electron chi connectivity index (χ2n) is 3.69. The van der Waals surface area contributed by atoms with Crippen LogP contribution in [-0.4, -0.2) is 9.91 Å². The minimum atomic E-state index is -0.674. The van der Waals surface area contributed by atoms with Gasteiger partial charge in [-0.05, 0) is 24.3 Å². The zero-order chi connectivity index (χ0) is 14.7. The van der Waals surface area contributed by atoms with Crippen LogP contribution in [-0.2, 0) is 0 Å². The number of nitriles is 1. The molecule has 0 unspecified atom stereocenters. The lowest BCUT2D eigenvalue weighted by atomic mass is 10.2. The molecule has 0 fully saturated rings. The molecule has 0 saturated heterocycles. The first-order chi connectivity index (χ1) is 9.51. The zero-order valence-electron chi connectivity index (χ0n) is 9.80. The van der Waals surface area contributed by atoms with Crippen LogP contribution >= 0.6 is 11.6 Å². The highest BCUT2D eigenvalue weighted by Gasteiger charge is 2.16. The van der Waals surface area contributed by atoms with Crippen molar-refractivity contribution in [2.45, 2.75) is 0 Å². The second kappa shape index (κ2) is 5.50. The lowest BCUT2D eigenvalue weighted by molar-refractivity contribution is -0.384. The van der Waals surface area contributed by atoms with Gasteiger partial charge in [0.15, 0.2) is 0 Å². The van der Waals surface area contributed by atoms with Crippen LogP contribution in [0.4, 0.5) is 21.6 Å². The number of rotatable bonds is 3. The zero-order valence-corrected chi connectivity index (χ0v) is 10.6. The van der Waals surface area contributed by atoms with E-state index in [4.69, 9.17) is 16.9 Å². The summed E-state index contributed by atoms with van der Waals surface area (Å²) in [6, 6.07) is 7.80. The average molecular weight is 293 g/mol. The molecule has 0 bridgehead atoms. The predicted octanol–water partition coefficient (Wildman–Crippen LogP) is 3.40. The average Bonchev–Trinajstić information content (AvgIpc) is 2.40. The minimum absolute atomic E-state index is 0.0701. The van der Waals surface area contributed by atoms with E-state index >= 15 is 0 Å². The fraction of sp³-hybridized carbons (Fsp3) is 0. The lowest BCUT2D eigenvalue weighted by Gasteiger charge is -2.07. The van der Waals surface area contributed by atoms with Gasteiger partial charge in [0.1, 0.15) is 17.0 Å². The highest BCUT2D eigenvalue weighted by molar-refractivity contribution is 6.29. The second-order valence-corrected chi connectivity index (χ2v) is 4.08. The topological polar surface area (TPSA) is 91.8 Å². The van der Waals surface area contributed by atoms with Crippen LogP contribution in [0.5, 0.6) is 0 Å². The summed E-state index contributed by atoms with van der Waals surface area (Å²) in [6.07, 6.45) is 0. The van der Waals surface area contributed by atoms with Crippen molar-refractivity contribution in [2.75, 3.05) is 5.32 Å². The minimum Gasteiger partial charge on any atom is -0.334 e. The van der Waals surface area contributed by atoms with Crippen LogP contribution in [0.3, 0.4) is 0 Å². The van der Waals surface area contributed by atoms with Gasteiger partial charge in [-0.25, -0.2) is 9.37 Å². The Kier molecular flexibility index (Phi) is 3.77. The van der Waals surface area contributed by atoms with E-state index in [1.807, 2.05) is 0 Å². The van der Waals surface area contributed by atoms with Crippen LogP contribution in [0.2, 0.25) is 5.15 Å². The van der Waals surface area contributed by atoms with E-state index in [9.17, 15) is 14.5 Å². The van der Waals surface area contributed by atoms with Crippen molar-refractivity contribution in [3.05, 3.63) is 57.0 Å². The number of benzene rings is 1. The monoisotopic (exact) mass is 292 g/mol. The first-order valence-electron chi connectivity index (χ1n) is 5.29. The number of aromatic nitrogens is 1. The SMILES string of the molecule is N#Cc1cc(Nc2nc(Cl)ccc2[N+](=O)[O-])ccc1F. The molecule has 20 heavy (non-hydrogen) atoms. The number of nitrogens with one attached hydrogen (secondary N) is 1. The van der Waals surface area contributed by atoms with Crippen molar-refractivity contribution >= 4 is 28.8 Å². The summed E-state index contributed by atoms with van der Waals surface area (Å²) in [4.78, 5) is 14.0. The largest absolute Gasteiger partial charge is 0.334 e. The quantitative estimate of drug-likeness (QED) is 0.532. The molecule has 0 saturated carbocycles. The van der Waals surface area contributed by atoms with E-state index in [1.54, 1.807) is 6.07 Å². The van der Waals surface area contributed by atoms with Gasteiger partial charge in [0, 0.05) is 11.8 Å². The summed E-state index contributed by atoms with van der Waals surface area (Å²) >= 11 is 5.69. The number of halogens is 2. The Balaban J connectivity index is 2.42. The normalized spacial score (nSPS) is 9.85. The molecule has 2 rings (SSSR count). The van der Waals surface area contributed by atoms with Gasteiger partial charge in [0.25, 0.3) is 0 Å². The molecule has 0 aliphatic rings. The van der Waals surface area contributed by atoms with E-state index in [-0.39, 0.29) is 22.2 Å². The van der Waals surface area contributed by atoms with Crippen LogP contribution in [0.25, 0.3) is 0 Å². The fourth-order valence-electron chi connectivity index (χ4n) is 1.49. The maximum absolute atomic E-state index is 13.2. The van der Waals surface area contributed by atoms with Crippen LogP contribution in [0.15, 0.2) is 30.3 Å². The molecule has 6 nitrogen and oxygen atoms in total. The summed E-state index contributed by atoms with van der Waals surface area (Å²) in [5, 5.41) is 22.3. The molecule has 2 aromatic rings. The van der Waals surface area contributed by atoms with Crippen molar-refractivity contribution in [3.8, 4) is 6.07 Å². The number of anilines is 2. The van der Waals surface area contributed by atoms with Crippen molar-refractivity contribution in [1.29, 1.82) is 5.26 Å². The molecule has 8 heteroatoms. The first kappa shape index (κ1) is 13.7. The summed E-state index contributed by atoms with van der Waals surface area (Å²) in [7, 11) is 0. The molecule has 0 radical (unpaired) electrons. The van der Waals surface area contributed by atoms with Gasteiger partial charge in [0.05, 0.1) is 10.5 Å². The Morgan fingerprint density at radius 2 is 2.15 bits per heavy atom. The predicted molar refractivity (Wildman–Crippen MR) is 70.3 cm³/mol. The van der Waals surface area contributed by atoms with Crippen molar-refractivity contribution < 1.29 is 9.31 Å². The third-order valence-electron chi connectivity index (χ3n) is 2.39. The molecule has 1 N–H and O–H groups in total. The van der Waals surface area contributed by atoms with Crippen molar-refractivity contribution in [2.24, 2.45) is 0 Å². The molecular formula is C12H6ClFN4O2. The van der Waals surface area contributed by atoms with Crippen LogP contribution < -0.4 is 5.32 Å². The third-order valence-corrected chi connectivity index (χ3v) is 2.60. The lowest BCUT2D eigenvalue weighted by Crippen LogP contribution is -2.00. The molecule has 0 amide bonds. The standard InChI is InChI=1S/C12H6ClFN4O2/c13-11-4-3-10(18(19)20)12(17-11)16-8-1-2-9(14)7(5-8)6-15/h1-5H,(H,16,17). The van der Waals surface area contributed by atoms with Gasteiger partial charge in [-0.2, -0.15) is 5.26 Å². The Hall–Kier alpha value is -2.72. The van der Waals surface area contributed by atoms with Gasteiger partial charge >= 0.3 is 5.69 Å². The molecule has 0 aliphatic heterocycles. The smallest absolute Gasteiger partial charge is 0.311 e. The number of pyridine rings is 1. The molecule has 0 aliphatic carbocycles. The first-order valence-corrected chi connectivity index (χ1v) is 5.66. The number of hydrogen-bond acceptors (Lipinski definition) is 5. The van der Waals surface area contributed by atoms with Crippen molar-refractivity contribution in [3.63, 3.8) is 0 Å². The van der Waals surface area contributed by atoms with Gasteiger partial charge in [-0.3, -0.25) is 10.1 Å². The van der Waals surface area contributed by atoms with E-state index in [1.165, 1.54) is 24.3 Å². The molecular weight excluding hydrogens is 287 g/mol. The molecule has 0 spiro atoms. The van der Waals surface area contributed by atoms with E-state index in [2.05, 4.69) is 10.3 Å². The molecule has 1 heterocycles. The summed E-state index contributed by atoms with van der Waals surface area (Å²) < 4.78 is 13.2. The van der Waals surface area contributed by atoms with Gasteiger partial charge < -0.3 is 5.32 Å². The number of nitrogens with zero attached hydrogens (tertiary/aromatic N) is 3. The summed E-state index contributed by atoms with van der Waals surface area (Å²) in [6.45, 7) is 0. The van der Waals surface area contributed by atoms with Crippen LogP contribution in [0.1, 0.15) is 5.56 Å². The van der Waals surface area contributed by atoms with E-state index in [0.717, 1.165) is 6.07 Å². The Labute approximate surface area is 117 Å². The number of hydrogen-bond donors (Lipinski definition) is 1. The fourth-order valence-corrected chi connectivity index (χ4v) is 1.64. The summed E-state index contributed by atoms with van der Waals surface area (Å²) in [5.41, 5.74) is -0.169. The molecule has 0 atom stereocenters. The molecule has 1 aromatic carbocycles. The third kappa shape index (κ3) is 2.81. The van der Waals surface area contributed by atoms with E-state index in [0.29, 0.717) is 5.69 Å². The van der Waals surface area contributed by atoms with Gasteiger partial charge in [-0.1, -0.05) is 11.6 Å². The number of nitro groups is 1. The van der Waals surface area contributed by atoms with Gasteiger partial charge in [0.2, 0.25) is 5.82 Å². The Bertz CT molecular complexity index is 730. The molecule has 100 valence electrons. The van der Waals surface area contributed by atoms with Crippen molar-refractivity contribution in [1.82, 2.24) is 4.98 Å². The molecule has 1 aromatic heterocycles. The van der Waals surface area contributed by atoms with Crippen LogP contribution in [0, 0.1) is 27.3 Å². The maximum Gasteiger partial charge on any atom is 0.311 e. The van der Waals surface area contributed by atoms with E-state index < -0.39 is 10.7 Å². The maximum atomic E-state index is 13.2. The Morgan fingerprint density at radius 1 is 1.40 bits per heavy atom. The Morgan fingerprint density at radius 3 is 2.80 bits per heavy atom. The highest BCUT2D eigenvalue weighted by atomic mass is 35.5. The summed E-state index contributed by atoms with van der Waals surface area (Å²) in [5.74, 6) is -0.760.